The lowest BCUT2D eigenvalue weighted by molar-refractivity contribution is -0.119. The van der Waals surface area contributed by atoms with E-state index >= 15 is 0 Å². The second-order valence-corrected chi connectivity index (χ2v) is 7.50. The van der Waals surface area contributed by atoms with Crippen molar-refractivity contribution in [1.82, 2.24) is 9.97 Å². The maximum atomic E-state index is 12.9. The highest BCUT2D eigenvalue weighted by atomic mass is 16.5. The van der Waals surface area contributed by atoms with Crippen molar-refractivity contribution in [3.8, 4) is 11.3 Å². The first-order valence-electron chi connectivity index (χ1n) is 10.4. The molecule has 0 unspecified atom stereocenters. The molecule has 0 saturated carbocycles. The summed E-state index contributed by atoms with van der Waals surface area (Å²) < 4.78 is 5.35. The number of ether oxygens (including phenoxy) is 1. The summed E-state index contributed by atoms with van der Waals surface area (Å²) >= 11 is 0. The maximum Gasteiger partial charge on any atom is 0.339 e. The topological polar surface area (TPSA) is 81.2 Å². The third-order valence-electron chi connectivity index (χ3n) is 5.26. The van der Waals surface area contributed by atoms with Crippen LogP contribution in [0.15, 0.2) is 97.3 Å². The Balaban J connectivity index is 1.34. The van der Waals surface area contributed by atoms with Gasteiger partial charge < -0.3 is 10.1 Å². The van der Waals surface area contributed by atoms with E-state index in [0.717, 1.165) is 16.3 Å². The second kappa shape index (κ2) is 8.88. The van der Waals surface area contributed by atoms with Crippen LogP contribution in [0.4, 0.5) is 5.69 Å². The number of esters is 1. The first-order chi connectivity index (χ1) is 16.2. The van der Waals surface area contributed by atoms with Gasteiger partial charge in [0.05, 0.1) is 16.8 Å². The number of carbonyl (C=O) groups excluding carboxylic acids is 2. The number of anilines is 1. The molecule has 1 amide bonds. The molecule has 0 aliphatic rings. The number of benzene rings is 3. The van der Waals surface area contributed by atoms with Crippen LogP contribution < -0.4 is 5.32 Å². The van der Waals surface area contributed by atoms with Gasteiger partial charge in [-0.1, -0.05) is 48.5 Å². The van der Waals surface area contributed by atoms with Crippen LogP contribution in [0, 0.1) is 0 Å². The van der Waals surface area contributed by atoms with Crippen LogP contribution in [-0.4, -0.2) is 28.5 Å². The standard InChI is InChI=1S/C27H19N3O3/c31-26(29-21-12-11-18-6-1-2-7-19(18)14-21)17-33-27(32)23-15-25(20-8-5-13-28-16-20)30-24-10-4-3-9-22(23)24/h1-16H,17H2,(H,29,31). The summed E-state index contributed by atoms with van der Waals surface area (Å²) in [5, 5.41) is 5.53. The average Bonchev–Trinajstić information content (AvgIpc) is 2.87. The molecular formula is C27H19N3O3. The Hall–Kier alpha value is -4.58. The molecule has 160 valence electrons. The zero-order valence-corrected chi connectivity index (χ0v) is 17.6. The van der Waals surface area contributed by atoms with E-state index in [1.807, 2.05) is 66.7 Å². The highest BCUT2D eigenvalue weighted by molar-refractivity contribution is 6.05. The Morgan fingerprint density at radius 2 is 1.67 bits per heavy atom. The second-order valence-electron chi connectivity index (χ2n) is 7.50. The van der Waals surface area contributed by atoms with E-state index in [0.29, 0.717) is 27.8 Å². The van der Waals surface area contributed by atoms with Crippen LogP contribution in [0.3, 0.4) is 0 Å². The van der Waals surface area contributed by atoms with E-state index in [4.69, 9.17) is 4.74 Å². The van der Waals surface area contributed by atoms with Gasteiger partial charge in [0.25, 0.3) is 5.91 Å². The number of hydrogen-bond donors (Lipinski definition) is 1. The van der Waals surface area contributed by atoms with Crippen LogP contribution in [0.2, 0.25) is 0 Å². The van der Waals surface area contributed by atoms with E-state index in [2.05, 4.69) is 15.3 Å². The number of nitrogens with one attached hydrogen (secondary N) is 1. The summed E-state index contributed by atoms with van der Waals surface area (Å²) in [5.74, 6) is -1.00. The molecule has 0 fully saturated rings. The number of rotatable bonds is 5. The summed E-state index contributed by atoms with van der Waals surface area (Å²) in [6.07, 6.45) is 3.36. The molecule has 0 aliphatic heterocycles. The van der Waals surface area contributed by atoms with Crippen LogP contribution in [0.1, 0.15) is 10.4 Å². The number of para-hydroxylation sites is 1. The minimum atomic E-state index is -0.590. The smallest absolute Gasteiger partial charge is 0.339 e. The van der Waals surface area contributed by atoms with Crippen molar-refractivity contribution in [3.63, 3.8) is 0 Å². The Morgan fingerprint density at radius 1 is 0.848 bits per heavy atom. The van der Waals surface area contributed by atoms with E-state index in [1.54, 1.807) is 30.6 Å². The summed E-state index contributed by atoms with van der Waals surface area (Å²) in [6, 6.07) is 26.2. The highest BCUT2D eigenvalue weighted by Crippen LogP contribution is 2.25. The number of hydrogen-bond acceptors (Lipinski definition) is 5. The largest absolute Gasteiger partial charge is 0.452 e. The fourth-order valence-electron chi connectivity index (χ4n) is 3.68. The molecule has 6 heteroatoms. The molecular weight excluding hydrogens is 414 g/mol. The maximum absolute atomic E-state index is 12.9. The molecule has 0 spiro atoms. The Morgan fingerprint density at radius 3 is 2.52 bits per heavy atom. The quantitative estimate of drug-likeness (QED) is 0.383. The van der Waals surface area contributed by atoms with Crippen molar-refractivity contribution in [2.24, 2.45) is 0 Å². The van der Waals surface area contributed by atoms with E-state index in [-0.39, 0.29) is 0 Å². The third-order valence-corrected chi connectivity index (χ3v) is 5.26. The molecule has 0 bridgehead atoms. The minimum Gasteiger partial charge on any atom is -0.452 e. The number of amides is 1. The molecule has 5 aromatic rings. The van der Waals surface area contributed by atoms with Crippen LogP contribution >= 0.6 is 0 Å². The van der Waals surface area contributed by atoms with Gasteiger partial charge in [0.15, 0.2) is 6.61 Å². The molecule has 6 nitrogen and oxygen atoms in total. The summed E-state index contributed by atoms with van der Waals surface area (Å²) in [7, 11) is 0. The van der Waals surface area contributed by atoms with Crippen LogP contribution in [-0.2, 0) is 9.53 Å². The van der Waals surface area contributed by atoms with Gasteiger partial charge in [-0.05, 0) is 47.2 Å². The van der Waals surface area contributed by atoms with Gasteiger partial charge in [-0.15, -0.1) is 0 Å². The fourth-order valence-corrected chi connectivity index (χ4v) is 3.68. The van der Waals surface area contributed by atoms with Crippen LogP contribution in [0.5, 0.6) is 0 Å². The number of aromatic nitrogens is 2. The molecule has 5 rings (SSSR count). The Kier molecular flexibility index (Phi) is 5.47. The molecule has 1 N–H and O–H groups in total. The van der Waals surface area contributed by atoms with Crippen LogP contribution in [0.25, 0.3) is 32.9 Å². The molecule has 3 aromatic carbocycles. The predicted molar refractivity (Wildman–Crippen MR) is 128 cm³/mol. The first kappa shape index (κ1) is 20.3. The van der Waals surface area contributed by atoms with Crippen molar-refractivity contribution in [2.75, 3.05) is 11.9 Å². The van der Waals surface area contributed by atoms with E-state index in [1.165, 1.54) is 0 Å². The predicted octanol–water partition coefficient (Wildman–Crippen LogP) is 5.25. The SMILES string of the molecule is O=C(COC(=O)c1cc(-c2cccnc2)nc2ccccc12)Nc1ccc2ccccc2c1. The molecule has 2 aromatic heterocycles. The summed E-state index contributed by atoms with van der Waals surface area (Å²) in [6.45, 7) is -0.398. The number of pyridine rings is 2. The Bertz CT molecular complexity index is 1480. The third kappa shape index (κ3) is 4.41. The van der Waals surface area contributed by atoms with Gasteiger partial charge in [-0.25, -0.2) is 9.78 Å². The first-order valence-corrected chi connectivity index (χ1v) is 10.4. The molecule has 0 saturated heterocycles. The van der Waals surface area contributed by atoms with Gasteiger partial charge in [0.2, 0.25) is 0 Å². The van der Waals surface area contributed by atoms with Crippen molar-refractivity contribution in [3.05, 3.63) is 103 Å². The van der Waals surface area contributed by atoms with Crippen molar-refractivity contribution in [2.45, 2.75) is 0 Å². The summed E-state index contributed by atoms with van der Waals surface area (Å²) in [5.41, 5.74) is 3.04. The highest BCUT2D eigenvalue weighted by Gasteiger charge is 2.17. The van der Waals surface area contributed by atoms with Crippen molar-refractivity contribution in [1.29, 1.82) is 0 Å². The molecule has 0 atom stereocenters. The lowest BCUT2D eigenvalue weighted by atomic mass is 10.1. The lowest BCUT2D eigenvalue weighted by Gasteiger charge is -2.11. The monoisotopic (exact) mass is 433 g/mol. The van der Waals surface area contributed by atoms with Crippen molar-refractivity contribution >= 4 is 39.2 Å². The zero-order valence-electron chi connectivity index (χ0n) is 17.6. The van der Waals surface area contributed by atoms with Gasteiger partial charge in [-0.2, -0.15) is 0 Å². The number of fused-ring (bicyclic) bond motifs is 2. The fraction of sp³-hybridized carbons (Fsp3) is 0.0370. The van der Waals surface area contributed by atoms with Gasteiger partial charge >= 0.3 is 5.97 Å². The lowest BCUT2D eigenvalue weighted by Crippen LogP contribution is -2.21. The molecule has 0 radical (unpaired) electrons. The number of carbonyl (C=O) groups is 2. The average molecular weight is 433 g/mol. The molecule has 33 heavy (non-hydrogen) atoms. The van der Waals surface area contributed by atoms with E-state index < -0.39 is 18.5 Å². The zero-order chi connectivity index (χ0) is 22.6. The van der Waals surface area contributed by atoms with Gasteiger partial charge in [0.1, 0.15) is 0 Å². The Labute approximate surface area is 189 Å². The van der Waals surface area contributed by atoms with Crippen molar-refractivity contribution < 1.29 is 14.3 Å². The van der Waals surface area contributed by atoms with Gasteiger partial charge in [0, 0.05) is 29.0 Å². The number of nitrogens with zero attached hydrogens (tertiary/aromatic N) is 2. The summed E-state index contributed by atoms with van der Waals surface area (Å²) in [4.78, 5) is 34.1. The minimum absolute atomic E-state index is 0.345. The van der Waals surface area contributed by atoms with Gasteiger partial charge in [-0.3, -0.25) is 9.78 Å². The molecule has 0 aliphatic carbocycles. The van der Waals surface area contributed by atoms with E-state index in [9.17, 15) is 9.59 Å². The normalized spacial score (nSPS) is 10.8. The molecule has 2 heterocycles.